The Morgan fingerprint density at radius 3 is 2.21 bits per heavy atom. The number of rotatable bonds is 6. The first kappa shape index (κ1) is 27.2. The lowest BCUT2D eigenvalue weighted by molar-refractivity contribution is -0.130. The van der Waals surface area contributed by atoms with E-state index in [1.54, 1.807) is 21.3 Å². The number of imidazole rings is 1. The Balaban J connectivity index is 1.11. The fourth-order valence-corrected chi connectivity index (χ4v) is 6.56. The lowest BCUT2D eigenvalue weighted by Crippen LogP contribution is -2.52. The van der Waals surface area contributed by atoms with Crippen LogP contribution in [0.15, 0.2) is 29.1 Å². The minimum atomic E-state index is -0.357. The second kappa shape index (κ2) is 11.4. The van der Waals surface area contributed by atoms with Gasteiger partial charge in [0.1, 0.15) is 0 Å². The van der Waals surface area contributed by atoms with Crippen LogP contribution in [0.25, 0.3) is 11.0 Å². The normalized spacial score (nSPS) is 23.4. The summed E-state index contributed by atoms with van der Waals surface area (Å²) in [5, 5.41) is 3.16. The number of fused-ring (bicyclic) bond motifs is 3. The van der Waals surface area contributed by atoms with Gasteiger partial charge in [0.2, 0.25) is 5.91 Å². The van der Waals surface area contributed by atoms with Crippen molar-refractivity contribution in [1.29, 1.82) is 0 Å². The number of hydrogen-bond donors (Lipinski definition) is 1. The van der Waals surface area contributed by atoms with Gasteiger partial charge in [0, 0.05) is 63.8 Å². The molecule has 0 unspecified atom stereocenters. The molecule has 2 aromatic rings. The first-order valence-electron chi connectivity index (χ1n) is 14.2. The summed E-state index contributed by atoms with van der Waals surface area (Å²) in [5.74, 6) is 0.0358. The standard InChI is InChI=1S/C28H40N6O5/c1-19(2)33-24-7-4-5-8-25(24)34(27(33)37)26(36)29-21-17-22-9-10-23(18-21)32(22)11-6-16-39-28(38)31-14-12-30(13-15-31)20(3)35/h4-5,7-8,19,21-23H,6,9-18H2,1-3H3,(H,29,36)/t21-,22-,23+. The molecule has 0 radical (unpaired) electrons. The zero-order chi connectivity index (χ0) is 27.7. The summed E-state index contributed by atoms with van der Waals surface area (Å²) < 4.78 is 8.46. The second-order valence-electron chi connectivity index (χ2n) is 11.3. The number of aromatic nitrogens is 2. The Bertz CT molecular complexity index is 1260. The number of nitrogens with zero attached hydrogens (tertiary/aromatic N) is 5. The van der Waals surface area contributed by atoms with Crippen LogP contribution in [-0.4, -0.2) is 99.3 Å². The molecular weight excluding hydrogens is 500 g/mol. The van der Waals surface area contributed by atoms with Crippen molar-refractivity contribution in [2.45, 2.75) is 77.0 Å². The van der Waals surface area contributed by atoms with Crippen LogP contribution in [0.3, 0.4) is 0 Å². The van der Waals surface area contributed by atoms with E-state index in [2.05, 4.69) is 10.2 Å². The molecule has 3 aliphatic heterocycles. The molecule has 3 saturated heterocycles. The molecule has 0 aliphatic carbocycles. The smallest absolute Gasteiger partial charge is 0.409 e. The van der Waals surface area contributed by atoms with Gasteiger partial charge in [-0.1, -0.05) is 12.1 Å². The average molecular weight is 541 g/mol. The highest BCUT2D eigenvalue weighted by molar-refractivity contribution is 5.89. The summed E-state index contributed by atoms with van der Waals surface area (Å²) in [6.45, 7) is 8.76. The van der Waals surface area contributed by atoms with Crippen LogP contribution < -0.4 is 11.0 Å². The van der Waals surface area contributed by atoms with Crippen molar-refractivity contribution < 1.29 is 19.1 Å². The van der Waals surface area contributed by atoms with E-state index in [0.29, 0.717) is 50.4 Å². The van der Waals surface area contributed by atoms with Crippen LogP contribution in [0.1, 0.15) is 58.9 Å². The first-order valence-corrected chi connectivity index (χ1v) is 14.2. The molecule has 4 heterocycles. The van der Waals surface area contributed by atoms with Gasteiger partial charge in [-0.05, 0) is 58.1 Å². The van der Waals surface area contributed by atoms with Crippen LogP contribution in [0.4, 0.5) is 9.59 Å². The fraction of sp³-hybridized carbons (Fsp3) is 0.643. The summed E-state index contributed by atoms with van der Waals surface area (Å²) in [5.41, 5.74) is 1.09. The highest BCUT2D eigenvalue weighted by atomic mass is 16.6. The number of carbonyl (C=O) groups excluding carboxylic acids is 3. The van der Waals surface area contributed by atoms with Crippen molar-refractivity contribution in [2.24, 2.45) is 0 Å². The van der Waals surface area contributed by atoms with Crippen LogP contribution in [0.5, 0.6) is 0 Å². The number of amides is 3. The number of para-hydroxylation sites is 2. The van der Waals surface area contributed by atoms with Gasteiger partial charge in [0.05, 0.1) is 17.6 Å². The maximum absolute atomic E-state index is 13.3. The highest BCUT2D eigenvalue weighted by Gasteiger charge is 2.41. The van der Waals surface area contributed by atoms with E-state index in [1.807, 2.05) is 38.1 Å². The summed E-state index contributed by atoms with van der Waals surface area (Å²) in [4.78, 5) is 56.2. The third kappa shape index (κ3) is 5.54. The van der Waals surface area contributed by atoms with Gasteiger partial charge in [-0.2, -0.15) is 0 Å². The zero-order valence-electron chi connectivity index (χ0n) is 23.2. The third-order valence-electron chi connectivity index (χ3n) is 8.48. The highest BCUT2D eigenvalue weighted by Crippen LogP contribution is 2.35. The fourth-order valence-electron chi connectivity index (χ4n) is 6.56. The minimum Gasteiger partial charge on any atom is -0.449 e. The summed E-state index contributed by atoms with van der Waals surface area (Å²) in [7, 11) is 0. The van der Waals surface area contributed by atoms with E-state index in [4.69, 9.17) is 4.74 Å². The molecule has 3 aliphatic rings. The molecular formula is C28H40N6O5. The van der Waals surface area contributed by atoms with Gasteiger partial charge in [-0.3, -0.25) is 14.3 Å². The zero-order valence-corrected chi connectivity index (χ0v) is 23.2. The number of hydrogen-bond acceptors (Lipinski definition) is 6. The van der Waals surface area contributed by atoms with Crippen molar-refractivity contribution in [3.05, 3.63) is 34.7 Å². The molecule has 39 heavy (non-hydrogen) atoms. The van der Waals surface area contributed by atoms with E-state index >= 15 is 0 Å². The van der Waals surface area contributed by atoms with Crippen LogP contribution >= 0.6 is 0 Å². The SMILES string of the molecule is CC(=O)N1CCN(C(=O)OCCCN2[C@@H]3CC[C@H]2C[C@H](NC(=O)n2c(=O)n(C(C)C)c4ccccc42)C3)CC1. The maximum atomic E-state index is 13.3. The Morgan fingerprint density at radius 2 is 1.59 bits per heavy atom. The predicted octanol–water partition coefficient (Wildman–Crippen LogP) is 2.63. The molecule has 2 bridgehead atoms. The summed E-state index contributed by atoms with van der Waals surface area (Å²) in [6.07, 6.45) is 4.32. The predicted molar refractivity (Wildman–Crippen MR) is 147 cm³/mol. The number of benzene rings is 1. The average Bonchev–Trinajstić information content (AvgIpc) is 3.34. The van der Waals surface area contributed by atoms with Crippen molar-refractivity contribution in [3.8, 4) is 0 Å². The molecule has 11 nitrogen and oxygen atoms in total. The van der Waals surface area contributed by atoms with Crippen molar-refractivity contribution in [1.82, 2.24) is 29.2 Å². The molecule has 5 rings (SSSR count). The topological polar surface area (TPSA) is 109 Å². The van der Waals surface area contributed by atoms with Crippen LogP contribution in [-0.2, 0) is 9.53 Å². The lowest BCUT2D eigenvalue weighted by Gasteiger charge is -2.39. The third-order valence-corrected chi connectivity index (χ3v) is 8.48. The van der Waals surface area contributed by atoms with E-state index in [-0.39, 0.29) is 35.8 Å². The van der Waals surface area contributed by atoms with E-state index in [0.717, 1.165) is 44.2 Å². The number of ether oxygens (including phenoxy) is 1. The second-order valence-corrected chi connectivity index (χ2v) is 11.3. The molecule has 212 valence electrons. The van der Waals surface area contributed by atoms with Gasteiger partial charge in [0.25, 0.3) is 0 Å². The first-order chi connectivity index (χ1) is 18.7. The maximum Gasteiger partial charge on any atom is 0.409 e. The molecule has 3 amide bonds. The number of piperazine rings is 1. The quantitative estimate of drug-likeness (QED) is 0.565. The van der Waals surface area contributed by atoms with Gasteiger partial charge in [-0.25, -0.2) is 19.0 Å². The minimum absolute atomic E-state index is 0.0193. The molecule has 11 heteroatoms. The Labute approximate surface area is 228 Å². The Hall–Kier alpha value is -3.34. The lowest BCUT2D eigenvalue weighted by atomic mass is 9.97. The number of nitrogens with one attached hydrogen (secondary N) is 1. The molecule has 0 saturated carbocycles. The summed E-state index contributed by atoms with van der Waals surface area (Å²) >= 11 is 0. The van der Waals surface area contributed by atoms with Crippen molar-refractivity contribution >= 4 is 29.1 Å². The Kier molecular flexibility index (Phi) is 7.97. The van der Waals surface area contributed by atoms with Crippen LogP contribution in [0.2, 0.25) is 0 Å². The van der Waals surface area contributed by atoms with Gasteiger partial charge >= 0.3 is 17.8 Å². The monoisotopic (exact) mass is 540 g/mol. The van der Waals surface area contributed by atoms with E-state index in [9.17, 15) is 19.2 Å². The number of piperidine rings is 1. The molecule has 1 aromatic carbocycles. The summed E-state index contributed by atoms with van der Waals surface area (Å²) in [6, 6.07) is 7.79. The molecule has 1 aromatic heterocycles. The van der Waals surface area contributed by atoms with Crippen molar-refractivity contribution in [3.63, 3.8) is 0 Å². The number of carbonyl (C=O) groups is 3. The molecule has 3 fully saturated rings. The Morgan fingerprint density at radius 1 is 0.974 bits per heavy atom. The van der Waals surface area contributed by atoms with Gasteiger partial charge in [-0.15, -0.1) is 0 Å². The largest absolute Gasteiger partial charge is 0.449 e. The van der Waals surface area contributed by atoms with E-state index in [1.165, 1.54) is 4.57 Å². The molecule has 3 atom stereocenters. The molecule has 0 spiro atoms. The van der Waals surface area contributed by atoms with Gasteiger partial charge < -0.3 is 19.9 Å². The molecule has 1 N–H and O–H groups in total. The van der Waals surface area contributed by atoms with E-state index < -0.39 is 0 Å². The van der Waals surface area contributed by atoms with Gasteiger partial charge in [0.15, 0.2) is 0 Å². The van der Waals surface area contributed by atoms with Crippen molar-refractivity contribution in [2.75, 3.05) is 39.3 Å². The van der Waals surface area contributed by atoms with Crippen LogP contribution in [0, 0.1) is 0 Å².